The summed E-state index contributed by atoms with van der Waals surface area (Å²) in [4.78, 5) is 23.6. The monoisotopic (exact) mass is 426 g/mol. The Bertz CT molecular complexity index is 380. The molecule has 0 saturated carbocycles. The van der Waals surface area contributed by atoms with E-state index < -0.39 is 17.6 Å². The maximum Gasteiger partial charge on any atom is 0.500 e. The van der Waals surface area contributed by atoms with Crippen LogP contribution in [-0.4, -0.2) is 85.2 Å². The molecule has 0 aromatic carbocycles. The molecule has 0 aromatic heterocycles. The normalized spacial score (nSPS) is 12.1. The first-order valence-electron chi connectivity index (χ1n) is 8.70. The number of carbonyl (C=O) groups is 2. The van der Waals surface area contributed by atoms with E-state index in [-0.39, 0.29) is 18.2 Å². The summed E-state index contributed by atoms with van der Waals surface area (Å²) in [6.07, 6.45) is 1.04. The minimum atomic E-state index is -2.63. The third kappa shape index (κ3) is 9.75. The summed E-state index contributed by atoms with van der Waals surface area (Å²) >= 11 is 0. The summed E-state index contributed by atoms with van der Waals surface area (Å²) in [7, 11) is 4.00. The molecule has 0 heterocycles. The van der Waals surface area contributed by atoms with E-state index in [9.17, 15) is 9.59 Å². The van der Waals surface area contributed by atoms with Gasteiger partial charge < -0.3 is 37.2 Å². The first kappa shape index (κ1) is 26.1. The average molecular weight is 427 g/mol. The Morgan fingerprint density at radius 3 is 1.19 bits per heavy atom. The van der Waals surface area contributed by atoms with Crippen molar-refractivity contribution in [3.8, 4) is 0 Å². The Kier molecular flexibility index (Phi) is 13.7. The summed E-state index contributed by atoms with van der Waals surface area (Å²) in [6.45, 7) is 0.834. The summed E-state index contributed by atoms with van der Waals surface area (Å²) in [6, 6.07) is 1.15. The number of carbonyl (C=O) groups excluding carboxylic acids is 2. The maximum absolute atomic E-state index is 11.8. The minimum Gasteiger partial charge on any atom is -0.377 e. The van der Waals surface area contributed by atoms with Gasteiger partial charge in [0.2, 0.25) is 11.8 Å². The lowest BCUT2D eigenvalue weighted by atomic mass is 10.3. The molecule has 27 heavy (non-hydrogen) atoms. The van der Waals surface area contributed by atoms with Gasteiger partial charge in [0.1, 0.15) is 6.42 Å². The van der Waals surface area contributed by atoms with Crippen molar-refractivity contribution in [3.05, 3.63) is 0 Å². The van der Waals surface area contributed by atoms with Crippen LogP contribution in [0.5, 0.6) is 0 Å². The molecule has 160 valence electrons. The summed E-state index contributed by atoms with van der Waals surface area (Å²) < 4.78 is 31.8. The van der Waals surface area contributed by atoms with Crippen molar-refractivity contribution in [2.75, 3.05) is 55.7 Å². The zero-order chi connectivity index (χ0) is 20.8. The summed E-state index contributed by atoms with van der Waals surface area (Å²) in [5.74, 6) is -0.664. The largest absolute Gasteiger partial charge is 0.500 e. The van der Waals surface area contributed by atoms with Crippen LogP contribution < -0.4 is 10.6 Å². The maximum atomic E-state index is 11.8. The second-order valence-electron chi connectivity index (χ2n) is 5.67. The fourth-order valence-corrected chi connectivity index (χ4v) is 5.89. The number of rotatable bonds is 16. The van der Waals surface area contributed by atoms with E-state index in [0.29, 0.717) is 38.0 Å². The van der Waals surface area contributed by atoms with E-state index in [2.05, 4.69) is 10.6 Å². The second-order valence-corrected chi connectivity index (χ2v) is 11.9. The molecule has 0 unspecified atom stereocenters. The Hall–Kier alpha value is -0.866. The van der Waals surface area contributed by atoms with Crippen molar-refractivity contribution in [2.45, 2.75) is 31.4 Å². The van der Waals surface area contributed by atoms with Gasteiger partial charge in [-0.05, 0) is 12.8 Å². The molecule has 0 bridgehead atoms. The van der Waals surface area contributed by atoms with Crippen LogP contribution >= 0.6 is 0 Å². The molecule has 0 aliphatic carbocycles. The van der Waals surface area contributed by atoms with Crippen molar-refractivity contribution in [1.82, 2.24) is 10.6 Å². The van der Waals surface area contributed by atoms with Crippen molar-refractivity contribution < 1.29 is 36.1 Å². The topological polar surface area (TPSA) is 114 Å². The highest BCUT2D eigenvalue weighted by atomic mass is 28.4. The molecule has 12 heteroatoms. The van der Waals surface area contributed by atoms with Gasteiger partial charge in [-0.2, -0.15) is 0 Å². The summed E-state index contributed by atoms with van der Waals surface area (Å²) in [5.41, 5.74) is 0. The average Bonchev–Trinajstić information content (AvgIpc) is 2.69. The molecule has 0 rings (SSSR count). The zero-order valence-electron chi connectivity index (χ0n) is 17.2. The van der Waals surface area contributed by atoms with E-state index in [1.807, 2.05) is 0 Å². The number of amides is 2. The quantitative estimate of drug-likeness (QED) is 0.204. The van der Waals surface area contributed by atoms with E-state index in [4.69, 9.17) is 26.6 Å². The van der Waals surface area contributed by atoms with Gasteiger partial charge in [-0.15, -0.1) is 0 Å². The Labute approximate surface area is 163 Å². The Morgan fingerprint density at radius 1 is 0.630 bits per heavy atom. The van der Waals surface area contributed by atoms with Gasteiger partial charge in [0.05, 0.1) is 0 Å². The van der Waals surface area contributed by atoms with Crippen LogP contribution in [0, 0.1) is 0 Å². The fraction of sp³-hybridized carbons (Fsp3) is 0.867. The Morgan fingerprint density at radius 2 is 0.926 bits per heavy atom. The lowest BCUT2D eigenvalue weighted by Crippen LogP contribution is -2.43. The van der Waals surface area contributed by atoms with Crippen LogP contribution in [0.25, 0.3) is 0 Å². The van der Waals surface area contributed by atoms with Crippen LogP contribution in [0.1, 0.15) is 19.3 Å². The SMILES string of the molecule is CO[Si](CCCNC(=O)CC(=O)NCCC[Si](OC)(OC)OC)(OC)OC. The molecule has 0 aliphatic rings. The molecule has 10 nitrogen and oxygen atoms in total. The minimum absolute atomic E-state index is 0.219. The van der Waals surface area contributed by atoms with Gasteiger partial charge in [-0.1, -0.05) is 0 Å². The van der Waals surface area contributed by atoms with Gasteiger partial charge in [-0.3, -0.25) is 9.59 Å². The number of nitrogens with one attached hydrogen (secondary N) is 2. The number of hydrogen-bond acceptors (Lipinski definition) is 8. The van der Waals surface area contributed by atoms with Crippen LogP contribution in [0.3, 0.4) is 0 Å². The molecule has 2 N–H and O–H groups in total. The zero-order valence-corrected chi connectivity index (χ0v) is 19.2. The van der Waals surface area contributed by atoms with Crippen molar-refractivity contribution in [2.24, 2.45) is 0 Å². The van der Waals surface area contributed by atoms with Gasteiger partial charge in [0.25, 0.3) is 0 Å². The first-order chi connectivity index (χ1) is 12.9. The number of hydrogen-bond donors (Lipinski definition) is 2. The first-order valence-corrected chi connectivity index (χ1v) is 12.6. The highest BCUT2D eigenvalue weighted by molar-refractivity contribution is 6.60. The van der Waals surface area contributed by atoms with E-state index in [1.165, 1.54) is 0 Å². The molecule has 0 radical (unpaired) electrons. The molecular weight excluding hydrogens is 392 g/mol. The fourth-order valence-electron chi connectivity index (χ4n) is 2.45. The van der Waals surface area contributed by atoms with E-state index in [1.54, 1.807) is 42.7 Å². The molecule has 0 atom stereocenters. The molecule has 0 saturated heterocycles. The van der Waals surface area contributed by atoms with Crippen LogP contribution in [0.2, 0.25) is 12.1 Å². The van der Waals surface area contributed by atoms with E-state index >= 15 is 0 Å². The highest BCUT2D eigenvalue weighted by Gasteiger charge is 2.37. The van der Waals surface area contributed by atoms with Gasteiger partial charge >= 0.3 is 17.6 Å². The Balaban J connectivity index is 3.98. The predicted molar refractivity (Wildman–Crippen MR) is 103 cm³/mol. The standard InChI is InChI=1S/C15H34N2O8Si2/c1-20-26(21-2,22-3)11-7-9-16-14(18)13-15(19)17-10-8-12-27(23-4,24-5)25-6/h7-13H2,1-6H3,(H,16,18)(H,17,19). The second kappa shape index (κ2) is 14.2. The molecule has 0 spiro atoms. The third-order valence-electron chi connectivity index (χ3n) is 4.15. The highest BCUT2D eigenvalue weighted by Crippen LogP contribution is 2.15. The van der Waals surface area contributed by atoms with Crippen LogP contribution in [-0.2, 0) is 36.1 Å². The van der Waals surface area contributed by atoms with Crippen molar-refractivity contribution in [1.29, 1.82) is 0 Å². The molecule has 0 fully saturated rings. The van der Waals surface area contributed by atoms with Gasteiger partial charge in [-0.25, -0.2) is 0 Å². The lowest BCUT2D eigenvalue weighted by Gasteiger charge is -2.24. The molecule has 0 aliphatic heterocycles. The molecule has 2 amide bonds. The predicted octanol–water partition coefficient (Wildman–Crippen LogP) is 0.145. The smallest absolute Gasteiger partial charge is 0.377 e. The molecular formula is C15H34N2O8Si2. The van der Waals surface area contributed by atoms with Crippen molar-refractivity contribution in [3.63, 3.8) is 0 Å². The summed E-state index contributed by atoms with van der Waals surface area (Å²) in [5, 5.41) is 5.41. The van der Waals surface area contributed by atoms with E-state index in [0.717, 1.165) is 0 Å². The lowest BCUT2D eigenvalue weighted by molar-refractivity contribution is -0.129. The van der Waals surface area contributed by atoms with Gasteiger partial charge in [0, 0.05) is 67.8 Å². The van der Waals surface area contributed by atoms with Crippen molar-refractivity contribution >= 4 is 29.4 Å². The molecule has 0 aromatic rings. The van der Waals surface area contributed by atoms with Gasteiger partial charge in [0.15, 0.2) is 0 Å². The van der Waals surface area contributed by atoms with Crippen LogP contribution in [0.15, 0.2) is 0 Å². The third-order valence-corrected chi connectivity index (χ3v) is 9.81. The van der Waals surface area contributed by atoms with Crippen LogP contribution in [0.4, 0.5) is 0 Å².